The number of aryl methyl sites for hydroxylation is 1. The Bertz CT molecular complexity index is 615. The van der Waals surface area contributed by atoms with Gasteiger partial charge in [-0.1, -0.05) is 26.0 Å². The molecule has 25 heavy (non-hydrogen) atoms. The first-order chi connectivity index (χ1) is 11.7. The van der Waals surface area contributed by atoms with Crippen molar-refractivity contribution in [3.63, 3.8) is 0 Å². The van der Waals surface area contributed by atoms with E-state index >= 15 is 0 Å². The summed E-state index contributed by atoms with van der Waals surface area (Å²) in [6, 6.07) is 6.32. The summed E-state index contributed by atoms with van der Waals surface area (Å²) in [4.78, 5) is 35.0. The van der Waals surface area contributed by atoms with Gasteiger partial charge in [-0.3, -0.25) is 9.59 Å². The largest absolute Gasteiger partial charge is 0.481 e. The normalized spacial score (nSPS) is 13.0. The molecule has 0 aliphatic rings. The quantitative estimate of drug-likeness (QED) is 0.626. The second-order valence-electron chi connectivity index (χ2n) is 6.38. The van der Waals surface area contributed by atoms with Gasteiger partial charge in [0.1, 0.15) is 11.8 Å². The zero-order valence-corrected chi connectivity index (χ0v) is 15.0. The highest BCUT2D eigenvalue weighted by atomic mass is 16.5. The molecule has 1 rings (SSSR count). The molecular formula is C18H26N2O5. The summed E-state index contributed by atoms with van der Waals surface area (Å²) >= 11 is 0. The molecular weight excluding hydrogens is 324 g/mol. The second-order valence-corrected chi connectivity index (χ2v) is 6.38. The van der Waals surface area contributed by atoms with E-state index in [1.807, 2.05) is 32.9 Å². The molecule has 138 valence electrons. The second kappa shape index (κ2) is 9.66. The SMILES string of the molecule is Cc1cccc(OC(C)C(=O)NCC(=O)N[C@@H](CC(C)C)C(=O)O)c1. The summed E-state index contributed by atoms with van der Waals surface area (Å²) in [5.41, 5.74) is 1.01. The predicted molar refractivity (Wildman–Crippen MR) is 93.3 cm³/mol. The summed E-state index contributed by atoms with van der Waals surface area (Å²) < 4.78 is 5.52. The molecule has 1 aromatic carbocycles. The molecule has 0 saturated carbocycles. The number of carbonyl (C=O) groups is 3. The van der Waals surface area contributed by atoms with Crippen molar-refractivity contribution in [2.45, 2.75) is 46.3 Å². The third-order valence-electron chi connectivity index (χ3n) is 3.44. The highest BCUT2D eigenvalue weighted by Crippen LogP contribution is 2.14. The van der Waals surface area contributed by atoms with Crippen LogP contribution >= 0.6 is 0 Å². The van der Waals surface area contributed by atoms with E-state index in [-0.39, 0.29) is 12.5 Å². The van der Waals surface area contributed by atoms with Gasteiger partial charge in [-0.2, -0.15) is 0 Å². The summed E-state index contributed by atoms with van der Waals surface area (Å²) in [7, 11) is 0. The molecule has 7 heteroatoms. The Labute approximate surface area is 147 Å². The molecule has 1 unspecified atom stereocenters. The van der Waals surface area contributed by atoms with Crippen LogP contribution in [0.5, 0.6) is 5.75 Å². The fraction of sp³-hybridized carbons (Fsp3) is 0.500. The van der Waals surface area contributed by atoms with Crippen LogP contribution in [0.4, 0.5) is 0 Å². The molecule has 1 aromatic rings. The van der Waals surface area contributed by atoms with Gasteiger partial charge in [-0.25, -0.2) is 4.79 Å². The summed E-state index contributed by atoms with van der Waals surface area (Å²) in [6.45, 7) is 6.93. The molecule has 0 bridgehead atoms. The van der Waals surface area contributed by atoms with Gasteiger partial charge in [0.25, 0.3) is 5.91 Å². The van der Waals surface area contributed by atoms with Gasteiger partial charge < -0.3 is 20.5 Å². The van der Waals surface area contributed by atoms with Crippen LogP contribution in [0.2, 0.25) is 0 Å². The predicted octanol–water partition coefficient (Wildman–Crippen LogP) is 1.49. The van der Waals surface area contributed by atoms with E-state index in [2.05, 4.69) is 10.6 Å². The van der Waals surface area contributed by atoms with Crippen LogP contribution in [-0.4, -0.2) is 41.6 Å². The molecule has 3 N–H and O–H groups in total. The lowest BCUT2D eigenvalue weighted by molar-refractivity contribution is -0.142. The Balaban J connectivity index is 2.46. The first kappa shape index (κ1) is 20.5. The van der Waals surface area contributed by atoms with Crippen LogP contribution in [0.1, 0.15) is 32.8 Å². The standard InChI is InChI=1S/C18H26N2O5/c1-11(2)8-15(18(23)24)20-16(21)10-19-17(22)13(4)25-14-7-5-6-12(3)9-14/h5-7,9,11,13,15H,8,10H2,1-4H3,(H,19,22)(H,20,21)(H,23,24)/t13?,15-/m0/s1. The van der Waals surface area contributed by atoms with Crippen molar-refractivity contribution in [2.75, 3.05) is 6.54 Å². The number of carboxylic acids is 1. The van der Waals surface area contributed by atoms with E-state index in [1.54, 1.807) is 19.1 Å². The summed E-state index contributed by atoms with van der Waals surface area (Å²) in [5.74, 6) is -1.41. The number of aliphatic carboxylic acids is 1. The number of carboxylic acid groups (broad SMARTS) is 1. The monoisotopic (exact) mass is 350 g/mol. The fourth-order valence-electron chi connectivity index (χ4n) is 2.20. The molecule has 7 nitrogen and oxygen atoms in total. The Morgan fingerprint density at radius 2 is 1.88 bits per heavy atom. The maximum absolute atomic E-state index is 12.0. The minimum Gasteiger partial charge on any atom is -0.481 e. The molecule has 0 aliphatic carbocycles. The van der Waals surface area contributed by atoms with E-state index in [4.69, 9.17) is 9.84 Å². The Morgan fingerprint density at radius 1 is 1.20 bits per heavy atom. The summed E-state index contributed by atoms with van der Waals surface area (Å²) in [5, 5.41) is 14.0. The highest BCUT2D eigenvalue weighted by molar-refractivity contribution is 5.89. The van der Waals surface area contributed by atoms with Gasteiger partial charge in [0, 0.05) is 0 Å². The van der Waals surface area contributed by atoms with Gasteiger partial charge in [-0.05, 0) is 43.9 Å². The Morgan fingerprint density at radius 3 is 2.44 bits per heavy atom. The topological polar surface area (TPSA) is 105 Å². The molecule has 2 amide bonds. The van der Waals surface area contributed by atoms with Crippen LogP contribution < -0.4 is 15.4 Å². The van der Waals surface area contributed by atoms with Crippen LogP contribution in [0, 0.1) is 12.8 Å². The summed E-state index contributed by atoms with van der Waals surface area (Å²) in [6.07, 6.45) is -0.456. The van der Waals surface area contributed by atoms with Crippen molar-refractivity contribution in [3.05, 3.63) is 29.8 Å². The van der Waals surface area contributed by atoms with Crippen LogP contribution in [0.25, 0.3) is 0 Å². The maximum Gasteiger partial charge on any atom is 0.326 e. The molecule has 0 aliphatic heterocycles. The first-order valence-electron chi connectivity index (χ1n) is 8.22. The van der Waals surface area contributed by atoms with E-state index in [0.29, 0.717) is 12.2 Å². The number of rotatable bonds is 9. The van der Waals surface area contributed by atoms with Gasteiger partial charge >= 0.3 is 5.97 Å². The van der Waals surface area contributed by atoms with Crippen molar-refractivity contribution in [1.82, 2.24) is 10.6 Å². The van der Waals surface area contributed by atoms with Gasteiger partial charge in [0.15, 0.2) is 6.10 Å². The van der Waals surface area contributed by atoms with Crippen molar-refractivity contribution in [2.24, 2.45) is 5.92 Å². The van der Waals surface area contributed by atoms with Gasteiger partial charge in [0.2, 0.25) is 5.91 Å². The lowest BCUT2D eigenvalue weighted by Gasteiger charge is -2.18. The number of amides is 2. The van der Waals surface area contributed by atoms with Crippen LogP contribution in [0.15, 0.2) is 24.3 Å². The average molecular weight is 350 g/mol. The zero-order valence-electron chi connectivity index (χ0n) is 15.0. The van der Waals surface area contributed by atoms with Crippen molar-refractivity contribution in [3.8, 4) is 5.75 Å². The van der Waals surface area contributed by atoms with E-state index in [0.717, 1.165) is 5.56 Å². The maximum atomic E-state index is 12.0. The number of hydrogen-bond donors (Lipinski definition) is 3. The molecule has 0 aromatic heterocycles. The van der Waals surface area contributed by atoms with Gasteiger partial charge in [0.05, 0.1) is 6.54 Å². The van der Waals surface area contributed by atoms with Crippen molar-refractivity contribution >= 4 is 17.8 Å². The minimum absolute atomic E-state index is 0.124. The van der Waals surface area contributed by atoms with Gasteiger partial charge in [-0.15, -0.1) is 0 Å². The van der Waals surface area contributed by atoms with E-state index in [9.17, 15) is 14.4 Å². The number of ether oxygens (including phenoxy) is 1. The number of benzene rings is 1. The lowest BCUT2D eigenvalue weighted by atomic mass is 10.0. The number of hydrogen-bond acceptors (Lipinski definition) is 4. The molecule has 2 atom stereocenters. The fourth-order valence-corrected chi connectivity index (χ4v) is 2.20. The van der Waals surface area contributed by atoms with E-state index < -0.39 is 29.9 Å². The smallest absolute Gasteiger partial charge is 0.326 e. The molecule has 0 spiro atoms. The minimum atomic E-state index is -1.09. The van der Waals surface area contributed by atoms with Crippen molar-refractivity contribution in [1.29, 1.82) is 0 Å². The molecule has 0 heterocycles. The number of nitrogens with one attached hydrogen (secondary N) is 2. The van der Waals surface area contributed by atoms with Crippen LogP contribution in [-0.2, 0) is 14.4 Å². The zero-order chi connectivity index (χ0) is 19.0. The molecule has 0 radical (unpaired) electrons. The highest BCUT2D eigenvalue weighted by Gasteiger charge is 2.22. The molecule has 0 fully saturated rings. The van der Waals surface area contributed by atoms with Crippen LogP contribution in [0.3, 0.4) is 0 Å². The first-order valence-corrected chi connectivity index (χ1v) is 8.22. The van der Waals surface area contributed by atoms with Crippen molar-refractivity contribution < 1.29 is 24.2 Å². The lowest BCUT2D eigenvalue weighted by Crippen LogP contribution is -2.47. The number of carbonyl (C=O) groups excluding carboxylic acids is 2. The third-order valence-corrected chi connectivity index (χ3v) is 3.44. The Hall–Kier alpha value is -2.57. The van der Waals surface area contributed by atoms with E-state index in [1.165, 1.54) is 0 Å². The third kappa shape index (κ3) is 7.69. The molecule has 0 saturated heterocycles. The average Bonchev–Trinajstić information content (AvgIpc) is 2.51. The Kier molecular flexibility index (Phi) is 7.91.